The van der Waals surface area contributed by atoms with E-state index in [1.807, 2.05) is 0 Å². The van der Waals surface area contributed by atoms with Gasteiger partial charge in [0.2, 0.25) is 0 Å². The summed E-state index contributed by atoms with van der Waals surface area (Å²) in [6, 6.07) is 35.1. The topological polar surface area (TPSA) is 17.8 Å². The first-order valence-electron chi connectivity index (χ1n) is 14.2. The van der Waals surface area contributed by atoms with Gasteiger partial charge in [-0.3, -0.25) is 16.3 Å². The Morgan fingerprint density at radius 2 is 1.43 bits per heavy atom. The number of aromatic nitrogens is 2. The molecule has 211 valence electrons. The van der Waals surface area contributed by atoms with Crippen molar-refractivity contribution < 1.29 is 20.1 Å². The van der Waals surface area contributed by atoms with Crippen molar-refractivity contribution in [3.8, 4) is 38.6 Å². The molecular weight excluding hydrogens is 729 g/mol. The fraction of sp³-hybridized carbons (Fsp3) is 0.162. The average Bonchev–Trinajstić information content (AvgIpc) is 3.75. The predicted molar refractivity (Wildman–Crippen MR) is 178 cm³/mol. The number of para-hydroxylation sites is 2. The van der Waals surface area contributed by atoms with E-state index in [1.165, 1.54) is 48.5 Å². The summed E-state index contributed by atoms with van der Waals surface area (Å²) in [5, 5.41) is 7.01. The van der Waals surface area contributed by atoms with Crippen LogP contribution in [0.1, 0.15) is 50.7 Å². The molecule has 0 unspecified atom stereocenters. The molecule has 7 rings (SSSR count). The molecule has 0 amide bonds. The molecule has 0 aliphatic rings. The Hall–Kier alpha value is -3.34. The maximum Gasteiger partial charge on any atom is 0.0774 e. The molecule has 0 fully saturated rings. The van der Waals surface area contributed by atoms with Gasteiger partial charge in [-0.05, 0) is 75.4 Å². The minimum absolute atomic E-state index is 0. The van der Waals surface area contributed by atoms with Gasteiger partial charge in [-0.2, -0.15) is 0 Å². The van der Waals surface area contributed by atoms with E-state index < -0.39 is 0 Å². The van der Waals surface area contributed by atoms with E-state index in [-0.39, 0.29) is 20.1 Å². The van der Waals surface area contributed by atoms with Crippen LogP contribution in [0, 0.1) is 5.38 Å². The zero-order valence-corrected chi connectivity index (χ0v) is 28.0. The van der Waals surface area contributed by atoms with Crippen LogP contribution >= 0.6 is 22.7 Å². The third kappa shape index (κ3) is 4.99. The second kappa shape index (κ2) is 11.7. The van der Waals surface area contributed by atoms with Gasteiger partial charge < -0.3 is 4.57 Å². The molecule has 0 saturated heterocycles. The first-order chi connectivity index (χ1) is 20.0. The zero-order valence-electron chi connectivity index (χ0n) is 24.0. The maximum atomic E-state index is 5.30. The number of fused-ring (bicyclic) bond motifs is 2. The van der Waals surface area contributed by atoms with Crippen LogP contribution in [0.2, 0.25) is 0 Å². The number of rotatable bonds is 6. The van der Waals surface area contributed by atoms with Crippen LogP contribution in [0.15, 0.2) is 102 Å². The SMILES string of the molecule is CC(C)c1cc(-c2ccccc2)cc(C(C)C)c1-n1c(-c2[c-]sc3ccc(-c4cccs4)cc23)nc2ccccc21.[Ir]. The van der Waals surface area contributed by atoms with Gasteiger partial charge in [0, 0.05) is 30.7 Å². The Morgan fingerprint density at radius 1 is 0.714 bits per heavy atom. The van der Waals surface area contributed by atoms with E-state index in [9.17, 15) is 0 Å². The van der Waals surface area contributed by atoms with E-state index in [4.69, 9.17) is 4.98 Å². The molecule has 0 N–H and O–H groups in total. The largest absolute Gasteiger partial charge is 0.333 e. The van der Waals surface area contributed by atoms with Gasteiger partial charge in [-0.1, -0.05) is 110 Å². The standard InChI is InChI=1S/C37H31N2S2.Ir/c1-23(2)28-20-27(25-11-6-5-7-12-25)21-29(24(3)4)36(28)39-33-14-9-8-13-32(33)38-37(39)31-22-41-35-17-16-26(19-30(31)35)34-15-10-18-40-34;/h5-21,23-24H,1-4H3;/q-1;. The summed E-state index contributed by atoms with van der Waals surface area (Å²) >= 11 is 3.45. The number of imidazole rings is 1. The molecule has 0 atom stereocenters. The van der Waals surface area contributed by atoms with Gasteiger partial charge in [0.25, 0.3) is 0 Å². The summed E-state index contributed by atoms with van der Waals surface area (Å²) < 4.78 is 3.65. The van der Waals surface area contributed by atoms with E-state index in [0.717, 1.165) is 22.4 Å². The van der Waals surface area contributed by atoms with Crippen molar-refractivity contribution in [2.45, 2.75) is 39.5 Å². The Bertz CT molecular complexity index is 1970. The molecule has 4 aromatic carbocycles. The molecule has 0 bridgehead atoms. The Balaban J connectivity index is 0.00000316. The summed E-state index contributed by atoms with van der Waals surface area (Å²) in [4.78, 5) is 6.57. The fourth-order valence-corrected chi connectivity index (χ4v) is 7.32. The molecule has 0 saturated carbocycles. The van der Waals surface area contributed by atoms with Crippen LogP contribution in [-0.2, 0) is 20.1 Å². The normalized spacial score (nSPS) is 11.6. The summed E-state index contributed by atoms with van der Waals surface area (Å²) in [7, 11) is 0. The number of benzene rings is 4. The summed E-state index contributed by atoms with van der Waals surface area (Å²) in [6.45, 7) is 9.21. The van der Waals surface area contributed by atoms with E-state index >= 15 is 0 Å². The van der Waals surface area contributed by atoms with Gasteiger partial charge in [-0.25, -0.2) is 0 Å². The molecular formula is C37H31IrN2S2-. The van der Waals surface area contributed by atoms with E-state index in [2.05, 4.69) is 140 Å². The minimum atomic E-state index is 0. The van der Waals surface area contributed by atoms with E-state index in [1.54, 1.807) is 22.7 Å². The quantitative estimate of drug-likeness (QED) is 0.154. The summed E-state index contributed by atoms with van der Waals surface area (Å²) in [6.07, 6.45) is 0. The van der Waals surface area contributed by atoms with Crippen molar-refractivity contribution >= 4 is 43.8 Å². The second-order valence-corrected chi connectivity index (χ2v) is 13.0. The number of nitrogens with zero attached hydrogens (tertiary/aromatic N) is 2. The van der Waals surface area contributed by atoms with Crippen LogP contribution in [0.3, 0.4) is 0 Å². The van der Waals surface area contributed by atoms with E-state index in [0.29, 0.717) is 11.8 Å². The number of thiophene rings is 2. The Morgan fingerprint density at radius 3 is 2.12 bits per heavy atom. The van der Waals surface area contributed by atoms with Gasteiger partial charge in [0.1, 0.15) is 0 Å². The molecule has 0 spiro atoms. The first kappa shape index (κ1) is 28.8. The van der Waals surface area contributed by atoms with Crippen molar-refractivity contribution in [1.82, 2.24) is 9.55 Å². The zero-order chi connectivity index (χ0) is 28.1. The fourth-order valence-electron chi connectivity index (χ4n) is 5.77. The smallest absolute Gasteiger partial charge is 0.0774 e. The predicted octanol–water partition coefficient (Wildman–Crippen LogP) is 11.3. The molecule has 0 aliphatic heterocycles. The molecule has 2 nitrogen and oxygen atoms in total. The second-order valence-electron chi connectivity index (χ2n) is 11.2. The summed E-state index contributed by atoms with van der Waals surface area (Å²) in [5.41, 5.74) is 10.9. The van der Waals surface area contributed by atoms with Crippen LogP contribution in [0.5, 0.6) is 0 Å². The Labute approximate surface area is 269 Å². The third-order valence-corrected chi connectivity index (χ3v) is 9.65. The number of hydrogen-bond acceptors (Lipinski definition) is 3. The molecule has 5 heteroatoms. The van der Waals surface area contributed by atoms with Crippen molar-refractivity contribution in [2.75, 3.05) is 0 Å². The van der Waals surface area contributed by atoms with Crippen molar-refractivity contribution in [3.05, 3.63) is 119 Å². The molecule has 0 aliphatic carbocycles. The average molecular weight is 760 g/mol. The third-order valence-electron chi connectivity index (χ3n) is 7.85. The first-order valence-corrected chi connectivity index (χ1v) is 15.9. The van der Waals surface area contributed by atoms with Gasteiger partial charge in [0.15, 0.2) is 0 Å². The minimum Gasteiger partial charge on any atom is -0.333 e. The van der Waals surface area contributed by atoms with Crippen molar-refractivity contribution in [2.24, 2.45) is 0 Å². The molecule has 1 radical (unpaired) electrons. The van der Waals surface area contributed by atoms with Crippen LogP contribution < -0.4 is 0 Å². The molecule has 3 aromatic heterocycles. The van der Waals surface area contributed by atoms with Crippen LogP contribution in [0.25, 0.3) is 59.8 Å². The maximum absolute atomic E-state index is 5.30. The molecule has 42 heavy (non-hydrogen) atoms. The molecule has 3 heterocycles. The van der Waals surface area contributed by atoms with Gasteiger partial charge >= 0.3 is 0 Å². The monoisotopic (exact) mass is 760 g/mol. The summed E-state index contributed by atoms with van der Waals surface area (Å²) in [5.74, 6) is 1.61. The van der Waals surface area contributed by atoms with Crippen molar-refractivity contribution in [3.63, 3.8) is 0 Å². The molecule has 7 aromatic rings. The van der Waals surface area contributed by atoms with Gasteiger partial charge in [-0.15, -0.1) is 16.7 Å². The van der Waals surface area contributed by atoms with Gasteiger partial charge in [0.05, 0.1) is 16.9 Å². The van der Waals surface area contributed by atoms with Crippen LogP contribution in [0.4, 0.5) is 0 Å². The Kier molecular flexibility index (Phi) is 8.04. The van der Waals surface area contributed by atoms with Crippen LogP contribution in [-0.4, -0.2) is 9.55 Å². The van der Waals surface area contributed by atoms with Crippen molar-refractivity contribution in [1.29, 1.82) is 0 Å². The number of hydrogen-bond donors (Lipinski definition) is 0.